The summed E-state index contributed by atoms with van der Waals surface area (Å²) in [6.07, 6.45) is 1.71. The lowest BCUT2D eigenvalue weighted by atomic mass is 10.4. The van der Waals surface area contributed by atoms with Crippen LogP contribution in [0, 0.1) is 6.92 Å². The van der Waals surface area contributed by atoms with E-state index in [2.05, 4.69) is 28.9 Å². The first-order chi connectivity index (χ1) is 6.59. The van der Waals surface area contributed by atoms with E-state index in [4.69, 9.17) is 11.6 Å². The smallest absolute Gasteiger partial charge is 0.163 e. The predicted octanol–water partition coefficient (Wildman–Crippen LogP) is 2.37. The van der Waals surface area contributed by atoms with Gasteiger partial charge < -0.3 is 0 Å². The summed E-state index contributed by atoms with van der Waals surface area (Å²) in [5.74, 6) is 0.671. The first kappa shape index (κ1) is 9.40. The zero-order chi connectivity index (χ0) is 10.3. The molecule has 0 aromatic carbocycles. The van der Waals surface area contributed by atoms with E-state index in [-0.39, 0.29) is 6.04 Å². The Morgan fingerprint density at radius 1 is 1.36 bits per heavy atom. The molecule has 0 aliphatic rings. The normalized spacial score (nSPS) is 11.5. The molecule has 0 spiro atoms. The summed E-state index contributed by atoms with van der Waals surface area (Å²) in [7, 11) is 0. The fourth-order valence-electron chi connectivity index (χ4n) is 1.37. The number of halogens is 1. The van der Waals surface area contributed by atoms with E-state index in [1.807, 2.05) is 11.6 Å². The first-order valence-electron chi connectivity index (χ1n) is 4.47. The van der Waals surface area contributed by atoms with Crippen LogP contribution in [0.2, 0.25) is 5.15 Å². The maximum Gasteiger partial charge on any atom is 0.163 e. The van der Waals surface area contributed by atoms with Crippen LogP contribution in [0.25, 0.3) is 11.0 Å². The molecule has 2 rings (SSSR count). The highest BCUT2D eigenvalue weighted by Crippen LogP contribution is 2.21. The van der Waals surface area contributed by atoms with Gasteiger partial charge in [0.05, 0.1) is 11.6 Å². The fourth-order valence-corrected chi connectivity index (χ4v) is 1.63. The average molecular weight is 211 g/mol. The van der Waals surface area contributed by atoms with E-state index in [0.29, 0.717) is 11.0 Å². The van der Waals surface area contributed by atoms with Gasteiger partial charge in [0, 0.05) is 6.04 Å². The summed E-state index contributed by atoms with van der Waals surface area (Å²) in [5.41, 5.74) is 0.803. The molecule has 74 valence electrons. The van der Waals surface area contributed by atoms with Gasteiger partial charge in [-0.1, -0.05) is 11.6 Å². The number of aromatic nitrogens is 4. The van der Waals surface area contributed by atoms with Gasteiger partial charge >= 0.3 is 0 Å². The van der Waals surface area contributed by atoms with Crippen molar-refractivity contribution in [1.29, 1.82) is 0 Å². The largest absolute Gasteiger partial charge is 0.245 e. The SMILES string of the molecule is Cc1nc(Cl)c2cnn(C(C)C)c2n1. The van der Waals surface area contributed by atoms with Crippen molar-refractivity contribution in [2.75, 3.05) is 0 Å². The lowest BCUT2D eigenvalue weighted by molar-refractivity contribution is 0.546. The first-order valence-corrected chi connectivity index (χ1v) is 4.84. The van der Waals surface area contributed by atoms with Crippen LogP contribution < -0.4 is 0 Å². The van der Waals surface area contributed by atoms with Crippen molar-refractivity contribution in [3.8, 4) is 0 Å². The molecular formula is C9H11ClN4. The Morgan fingerprint density at radius 2 is 2.07 bits per heavy atom. The van der Waals surface area contributed by atoms with Gasteiger partial charge in [-0.2, -0.15) is 5.10 Å². The van der Waals surface area contributed by atoms with Crippen molar-refractivity contribution < 1.29 is 0 Å². The molecule has 0 bridgehead atoms. The second-order valence-electron chi connectivity index (χ2n) is 3.48. The number of nitrogens with zero attached hydrogens (tertiary/aromatic N) is 4. The van der Waals surface area contributed by atoms with Gasteiger partial charge in [-0.3, -0.25) is 0 Å². The van der Waals surface area contributed by atoms with Crippen molar-refractivity contribution in [2.45, 2.75) is 26.8 Å². The van der Waals surface area contributed by atoms with Gasteiger partial charge in [0.15, 0.2) is 5.65 Å². The van der Waals surface area contributed by atoms with Gasteiger partial charge in [-0.25, -0.2) is 14.6 Å². The number of hydrogen-bond donors (Lipinski definition) is 0. The highest BCUT2D eigenvalue weighted by atomic mass is 35.5. The Bertz CT molecular complexity index is 475. The summed E-state index contributed by atoms with van der Waals surface area (Å²) < 4.78 is 1.84. The van der Waals surface area contributed by atoms with Crippen LogP contribution in [-0.2, 0) is 0 Å². The summed E-state index contributed by atoms with van der Waals surface area (Å²) in [6.45, 7) is 5.93. The highest BCUT2D eigenvalue weighted by Gasteiger charge is 2.11. The molecule has 2 heterocycles. The van der Waals surface area contributed by atoms with Gasteiger partial charge in [0.1, 0.15) is 11.0 Å². The molecule has 5 heteroatoms. The molecule has 0 saturated carbocycles. The van der Waals surface area contributed by atoms with Crippen LogP contribution in [0.5, 0.6) is 0 Å². The predicted molar refractivity (Wildman–Crippen MR) is 55.5 cm³/mol. The molecule has 0 radical (unpaired) electrons. The van der Waals surface area contributed by atoms with E-state index in [1.54, 1.807) is 6.20 Å². The van der Waals surface area contributed by atoms with Crippen LogP contribution in [0.4, 0.5) is 0 Å². The fraction of sp³-hybridized carbons (Fsp3) is 0.444. The summed E-state index contributed by atoms with van der Waals surface area (Å²) in [5, 5.41) is 5.51. The minimum Gasteiger partial charge on any atom is -0.245 e. The third kappa shape index (κ3) is 1.35. The number of rotatable bonds is 1. The lowest BCUT2D eigenvalue weighted by Gasteiger charge is -2.06. The number of hydrogen-bond acceptors (Lipinski definition) is 3. The number of aryl methyl sites for hydroxylation is 1. The zero-order valence-corrected chi connectivity index (χ0v) is 9.08. The highest BCUT2D eigenvalue weighted by molar-refractivity contribution is 6.33. The molecule has 4 nitrogen and oxygen atoms in total. The maximum atomic E-state index is 5.98. The van der Waals surface area contributed by atoms with E-state index in [0.717, 1.165) is 11.0 Å². The average Bonchev–Trinajstić information content (AvgIpc) is 2.47. The second-order valence-corrected chi connectivity index (χ2v) is 3.84. The maximum absolute atomic E-state index is 5.98. The van der Waals surface area contributed by atoms with Gasteiger partial charge in [-0.05, 0) is 20.8 Å². The van der Waals surface area contributed by atoms with E-state index in [1.165, 1.54) is 0 Å². The van der Waals surface area contributed by atoms with Crippen molar-refractivity contribution in [1.82, 2.24) is 19.7 Å². The third-order valence-corrected chi connectivity index (χ3v) is 2.30. The second kappa shape index (κ2) is 3.20. The molecule has 0 N–H and O–H groups in total. The third-order valence-electron chi connectivity index (χ3n) is 2.01. The van der Waals surface area contributed by atoms with Crippen molar-refractivity contribution in [3.05, 3.63) is 17.2 Å². The molecule has 2 aromatic heterocycles. The topological polar surface area (TPSA) is 43.6 Å². The molecule has 0 unspecified atom stereocenters. The van der Waals surface area contributed by atoms with E-state index in [9.17, 15) is 0 Å². The number of fused-ring (bicyclic) bond motifs is 1. The van der Waals surface area contributed by atoms with Gasteiger partial charge in [0.25, 0.3) is 0 Å². The van der Waals surface area contributed by atoms with Crippen LogP contribution in [0.3, 0.4) is 0 Å². The Labute approximate surface area is 86.9 Å². The molecule has 0 aliphatic heterocycles. The van der Waals surface area contributed by atoms with Crippen LogP contribution in [0.15, 0.2) is 6.20 Å². The Kier molecular flexibility index (Phi) is 2.15. The van der Waals surface area contributed by atoms with Crippen molar-refractivity contribution in [2.24, 2.45) is 0 Å². The molecule has 0 fully saturated rings. The standard InChI is InChI=1S/C9H11ClN4/c1-5(2)14-9-7(4-11-14)8(10)12-6(3)13-9/h4-5H,1-3H3. The monoisotopic (exact) mass is 210 g/mol. The zero-order valence-electron chi connectivity index (χ0n) is 8.32. The van der Waals surface area contributed by atoms with Crippen LogP contribution in [-0.4, -0.2) is 19.7 Å². The van der Waals surface area contributed by atoms with E-state index >= 15 is 0 Å². The summed E-state index contributed by atoms with van der Waals surface area (Å²) in [4.78, 5) is 8.40. The molecule has 0 amide bonds. The molecule has 0 atom stereocenters. The Hall–Kier alpha value is -1.16. The Morgan fingerprint density at radius 3 is 2.71 bits per heavy atom. The summed E-state index contributed by atoms with van der Waals surface area (Å²) >= 11 is 5.98. The van der Waals surface area contributed by atoms with Crippen molar-refractivity contribution in [3.63, 3.8) is 0 Å². The molecule has 14 heavy (non-hydrogen) atoms. The van der Waals surface area contributed by atoms with Gasteiger partial charge in [-0.15, -0.1) is 0 Å². The minimum atomic E-state index is 0.276. The molecular weight excluding hydrogens is 200 g/mol. The van der Waals surface area contributed by atoms with Gasteiger partial charge in [0.2, 0.25) is 0 Å². The van der Waals surface area contributed by atoms with Crippen LogP contribution in [0.1, 0.15) is 25.7 Å². The lowest BCUT2D eigenvalue weighted by Crippen LogP contribution is -2.04. The van der Waals surface area contributed by atoms with E-state index < -0.39 is 0 Å². The minimum absolute atomic E-state index is 0.276. The van der Waals surface area contributed by atoms with Crippen molar-refractivity contribution >= 4 is 22.6 Å². The molecule has 0 saturated heterocycles. The summed E-state index contributed by atoms with van der Waals surface area (Å²) in [6, 6.07) is 0.276. The molecule has 0 aliphatic carbocycles. The molecule has 2 aromatic rings. The Balaban J connectivity index is 2.78. The van der Waals surface area contributed by atoms with Crippen LogP contribution >= 0.6 is 11.6 Å². The quantitative estimate of drug-likeness (QED) is 0.679.